The molecular weight excluding hydrogens is 346 g/mol. The first-order chi connectivity index (χ1) is 11.8. The maximum atomic E-state index is 12.5. The maximum absolute atomic E-state index is 12.5. The highest BCUT2D eigenvalue weighted by Crippen LogP contribution is 2.29. The van der Waals surface area contributed by atoms with Crippen molar-refractivity contribution in [2.24, 2.45) is 0 Å². The molecule has 0 saturated carbocycles. The zero-order valence-corrected chi connectivity index (χ0v) is 14.9. The van der Waals surface area contributed by atoms with Crippen LogP contribution in [0.4, 0.5) is 11.5 Å². The van der Waals surface area contributed by atoms with E-state index in [0.717, 1.165) is 4.31 Å². The summed E-state index contributed by atoms with van der Waals surface area (Å²) in [6.07, 6.45) is 2.70. The molecule has 10 heteroatoms. The summed E-state index contributed by atoms with van der Waals surface area (Å²) < 4.78 is 31.4. The van der Waals surface area contributed by atoms with E-state index in [1.807, 2.05) is 0 Å². The van der Waals surface area contributed by atoms with Crippen molar-refractivity contribution in [2.45, 2.75) is 11.8 Å². The number of anilines is 2. The van der Waals surface area contributed by atoms with Gasteiger partial charge in [0.2, 0.25) is 10.0 Å². The largest absolute Gasteiger partial charge is 0.492 e. The topological polar surface area (TPSA) is 128 Å². The van der Waals surface area contributed by atoms with Crippen LogP contribution < -0.4 is 15.8 Å². The zero-order chi connectivity index (χ0) is 18.6. The fraction of sp³-hybridized carbons (Fsp3) is 0.267. The second kappa shape index (κ2) is 7.45. The first-order valence-corrected chi connectivity index (χ1v) is 8.78. The molecule has 0 aliphatic rings. The normalized spacial score (nSPS) is 11.4. The van der Waals surface area contributed by atoms with E-state index in [1.54, 1.807) is 6.92 Å². The van der Waals surface area contributed by atoms with Gasteiger partial charge < -0.3 is 15.8 Å². The molecule has 2 aromatic rings. The molecule has 3 N–H and O–H groups in total. The van der Waals surface area contributed by atoms with E-state index in [1.165, 1.54) is 44.7 Å². The average molecular weight is 365 g/mol. The number of carbonyl (C=O) groups excluding carboxylic acids is 1. The SMILES string of the molecule is CCOc1ccc(NC(=O)c2nccnc2N)cc1S(=O)(=O)N(C)C. The van der Waals surface area contributed by atoms with Gasteiger partial charge in [0.1, 0.15) is 10.6 Å². The second-order valence-corrected chi connectivity index (χ2v) is 7.25. The molecule has 134 valence electrons. The molecule has 0 radical (unpaired) electrons. The summed E-state index contributed by atoms with van der Waals surface area (Å²) in [6.45, 7) is 2.05. The third-order valence-electron chi connectivity index (χ3n) is 3.20. The fourth-order valence-electron chi connectivity index (χ4n) is 1.97. The van der Waals surface area contributed by atoms with Gasteiger partial charge in [0.25, 0.3) is 5.91 Å². The van der Waals surface area contributed by atoms with Crippen LogP contribution in [-0.2, 0) is 10.0 Å². The summed E-state index contributed by atoms with van der Waals surface area (Å²) in [5, 5.41) is 2.56. The van der Waals surface area contributed by atoms with Gasteiger partial charge >= 0.3 is 0 Å². The number of hydrogen-bond donors (Lipinski definition) is 2. The van der Waals surface area contributed by atoms with Gasteiger partial charge in [0.15, 0.2) is 11.5 Å². The van der Waals surface area contributed by atoms with Crippen molar-refractivity contribution in [2.75, 3.05) is 31.8 Å². The molecular formula is C15H19N5O4S. The molecule has 0 bridgehead atoms. The summed E-state index contributed by atoms with van der Waals surface area (Å²) >= 11 is 0. The molecule has 0 unspecified atom stereocenters. The summed E-state index contributed by atoms with van der Waals surface area (Å²) in [5.41, 5.74) is 5.84. The Bertz CT molecular complexity index is 883. The Balaban J connectivity index is 2.40. The number of nitrogens with one attached hydrogen (secondary N) is 1. The number of nitrogens with zero attached hydrogens (tertiary/aromatic N) is 3. The molecule has 1 aromatic heterocycles. The molecule has 0 atom stereocenters. The first kappa shape index (κ1) is 18.6. The first-order valence-electron chi connectivity index (χ1n) is 7.34. The summed E-state index contributed by atoms with van der Waals surface area (Å²) in [6, 6.07) is 4.34. The molecule has 9 nitrogen and oxygen atoms in total. The quantitative estimate of drug-likeness (QED) is 0.780. The monoisotopic (exact) mass is 365 g/mol. The number of hydrogen-bond acceptors (Lipinski definition) is 7. The van der Waals surface area contributed by atoms with Crippen molar-refractivity contribution in [1.29, 1.82) is 0 Å². The van der Waals surface area contributed by atoms with Crippen molar-refractivity contribution in [3.63, 3.8) is 0 Å². The van der Waals surface area contributed by atoms with Gasteiger partial charge in [0, 0.05) is 32.2 Å². The molecule has 2 rings (SSSR count). The van der Waals surface area contributed by atoms with Crippen LogP contribution >= 0.6 is 0 Å². The van der Waals surface area contributed by atoms with E-state index in [0.29, 0.717) is 6.61 Å². The van der Waals surface area contributed by atoms with E-state index < -0.39 is 15.9 Å². The standard InChI is InChI=1S/C15H19N5O4S/c1-4-24-11-6-5-10(9-12(11)25(22,23)20(2)3)19-15(21)13-14(16)18-8-7-17-13/h5-9H,4H2,1-3H3,(H2,16,18)(H,19,21). The third-order valence-corrected chi connectivity index (χ3v) is 5.04. The van der Waals surface area contributed by atoms with Gasteiger partial charge in [-0.3, -0.25) is 4.79 Å². The number of aromatic nitrogens is 2. The number of nitrogens with two attached hydrogens (primary N) is 1. The Morgan fingerprint density at radius 2 is 1.96 bits per heavy atom. The number of sulfonamides is 1. The molecule has 1 amide bonds. The third kappa shape index (κ3) is 4.03. The summed E-state index contributed by atoms with van der Waals surface area (Å²) in [4.78, 5) is 19.9. The number of carbonyl (C=O) groups is 1. The Morgan fingerprint density at radius 1 is 1.28 bits per heavy atom. The van der Waals surface area contributed by atoms with Gasteiger partial charge in [0.05, 0.1) is 6.61 Å². The number of amides is 1. The van der Waals surface area contributed by atoms with Gasteiger partial charge in [-0.15, -0.1) is 0 Å². The van der Waals surface area contributed by atoms with E-state index in [4.69, 9.17) is 10.5 Å². The van der Waals surface area contributed by atoms with Crippen LogP contribution in [0.3, 0.4) is 0 Å². The zero-order valence-electron chi connectivity index (χ0n) is 14.1. The van der Waals surface area contributed by atoms with E-state index in [-0.39, 0.29) is 27.8 Å². The summed E-state index contributed by atoms with van der Waals surface area (Å²) in [5.74, 6) is -0.414. The van der Waals surface area contributed by atoms with Crippen LogP contribution in [0.5, 0.6) is 5.75 Å². The highest BCUT2D eigenvalue weighted by Gasteiger charge is 2.23. The van der Waals surface area contributed by atoms with Crippen molar-refractivity contribution in [3.8, 4) is 5.75 Å². The highest BCUT2D eigenvalue weighted by molar-refractivity contribution is 7.89. The lowest BCUT2D eigenvalue weighted by atomic mass is 10.3. The predicted molar refractivity (Wildman–Crippen MR) is 92.9 cm³/mol. The Hall–Kier alpha value is -2.72. The van der Waals surface area contributed by atoms with E-state index in [9.17, 15) is 13.2 Å². The van der Waals surface area contributed by atoms with Crippen molar-refractivity contribution >= 4 is 27.4 Å². The van der Waals surface area contributed by atoms with Gasteiger partial charge in [-0.1, -0.05) is 0 Å². The minimum absolute atomic E-state index is 0.0212. The molecule has 0 spiro atoms. The van der Waals surface area contributed by atoms with E-state index >= 15 is 0 Å². The lowest BCUT2D eigenvalue weighted by Crippen LogP contribution is -2.23. The molecule has 0 aliphatic carbocycles. The Kier molecular flexibility index (Phi) is 5.55. The van der Waals surface area contributed by atoms with Crippen LogP contribution in [0.1, 0.15) is 17.4 Å². The van der Waals surface area contributed by atoms with Gasteiger partial charge in [-0.05, 0) is 25.1 Å². The number of rotatable bonds is 6. The highest BCUT2D eigenvalue weighted by atomic mass is 32.2. The van der Waals surface area contributed by atoms with Gasteiger partial charge in [-0.25, -0.2) is 22.7 Å². The van der Waals surface area contributed by atoms with Crippen LogP contribution in [0.15, 0.2) is 35.5 Å². The number of nitrogen functional groups attached to an aromatic ring is 1. The Labute approximate surface area is 145 Å². The Morgan fingerprint density at radius 3 is 2.56 bits per heavy atom. The van der Waals surface area contributed by atoms with Crippen molar-refractivity contribution in [3.05, 3.63) is 36.3 Å². The van der Waals surface area contributed by atoms with Crippen LogP contribution in [0.2, 0.25) is 0 Å². The van der Waals surface area contributed by atoms with Crippen molar-refractivity contribution < 1.29 is 17.9 Å². The minimum atomic E-state index is -3.76. The van der Waals surface area contributed by atoms with Crippen LogP contribution in [0.25, 0.3) is 0 Å². The molecule has 0 fully saturated rings. The smallest absolute Gasteiger partial charge is 0.278 e. The lowest BCUT2D eigenvalue weighted by Gasteiger charge is -2.16. The minimum Gasteiger partial charge on any atom is -0.492 e. The van der Waals surface area contributed by atoms with Crippen LogP contribution in [0, 0.1) is 0 Å². The van der Waals surface area contributed by atoms with Gasteiger partial charge in [-0.2, -0.15) is 0 Å². The summed E-state index contributed by atoms with van der Waals surface area (Å²) in [7, 11) is -0.930. The lowest BCUT2D eigenvalue weighted by molar-refractivity contribution is 0.102. The molecule has 1 aromatic carbocycles. The predicted octanol–water partition coefficient (Wildman–Crippen LogP) is 0.960. The molecule has 0 aliphatic heterocycles. The molecule has 0 saturated heterocycles. The maximum Gasteiger partial charge on any atom is 0.278 e. The number of benzene rings is 1. The molecule has 25 heavy (non-hydrogen) atoms. The van der Waals surface area contributed by atoms with E-state index in [2.05, 4.69) is 15.3 Å². The van der Waals surface area contributed by atoms with Crippen molar-refractivity contribution in [1.82, 2.24) is 14.3 Å². The number of ether oxygens (including phenoxy) is 1. The fourth-order valence-corrected chi connectivity index (χ4v) is 3.02. The van der Waals surface area contributed by atoms with Crippen LogP contribution in [-0.4, -0.2) is 49.3 Å². The second-order valence-electron chi connectivity index (χ2n) is 5.13. The average Bonchev–Trinajstić information content (AvgIpc) is 2.56. The molecule has 1 heterocycles.